The van der Waals surface area contributed by atoms with Crippen LogP contribution in [-0.2, 0) is 17.8 Å². The molecule has 2 N–H and O–H groups in total. The van der Waals surface area contributed by atoms with Crippen LogP contribution in [0, 0.1) is 6.92 Å². The van der Waals surface area contributed by atoms with Gasteiger partial charge >= 0.3 is 0 Å². The van der Waals surface area contributed by atoms with Crippen LogP contribution >= 0.6 is 0 Å². The van der Waals surface area contributed by atoms with Gasteiger partial charge in [-0.3, -0.25) is 9.59 Å². The van der Waals surface area contributed by atoms with Crippen LogP contribution in [0.3, 0.4) is 0 Å². The third-order valence-corrected chi connectivity index (χ3v) is 4.96. The summed E-state index contributed by atoms with van der Waals surface area (Å²) in [5.74, 6) is 0.482. The standard InChI is InChI=1S/C24H24N6O2/c1-17-5-3-6-18(11-17)12-23(31)28-20-14-27-30(15-20)21-8-4-7-19(13-21)24(32)29(2)16-22-25-9-10-26-22/h3-11,13-15H,12,16H2,1-2H3,(H,25,26)(H,28,31). The number of benzene rings is 2. The normalized spacial score (nSPS) is 10.7. The molecule has 2 amide bonds. The summed E-state index contributed by atoms with van der Waals surface area (Å²) in [6.07, 6.45) is 6.99. The van der Waals surface area contributed by atoms with Crippen molar-refractivity contribution in [3.05, 3.63) is 95.8 Å². The first-order valence-corrected chi connectivity index (χ1v) is 10.2. The molecule has 0 radical (unpaired) electrons. The van der Waals surface area contributed by atoms with Crippen LogP contribution in [0.5, 0.6) is 0 Å². The third kappa shape index (κ3) is 5.10. The molecule has 162 valence electrons. The molecule has 8 heteroatoms. The second-order valence-corrected chi connectivity index (χ2v) is 7.63. The van der Waals surface area contributed by atoms with Crippen molar-refractivity contribution in [2.75, 3.05) is 12.4 Å². The van der Waals surface area contributed by atoms with E-state index in [0.29, 0.717) is 24.2 Å². The number of aryl methyl sites for hydroxylation is 1. The quantitative estimate of drug-likeness (QED) is 0.472. The van der Waals surface area contributed by atoms with E-state index in [1.165, 1.54) is 0 Å². The second-order valence-electron chi connectivity index (χ2n) is 7.63. The molecule has 8 nitrogen and oxygen atoms in total. The van der Waals surface area contributed by atoms with E-state index >= 15 is 0 Å². The number of hydrogen-bond acceptors (Lipinski definition) is 4. The lowest BCUT2D eigenvalue weighted by molar-refractivity contribution is -0.115. The van der Waals surface area contributed by atoms with Crippen LogP contribution in [0.25, 0.3) is 5.69 Å². The van der Waals surface area contributed by atoms with Crippen LogP contribution in [0.15, 0.2) is 73.3 Å². The highest BCUT2D eigenvalue weighted by molar-refractivity contribution is 5.94. The van der Waals surface area contributed by atoms with Gasteiger partial charge in [0.2, 0.25) is 5.91 Å². The highest BCUT2D eigenvalue weighted by Gasteiger charge is 2.14. The van der Waals surface area contributed by atoms with E-state index in [-0.39, 0.29) is 11.8 Å². The maximum atomic E-state index is 12.8. The number of carbonyl (C=O) groups is 2. The van der Waals surface area contributed by atoms with Crippen molar-refractivity contribution < 1.29 is 9.59 Å². The lowest BCUT2D eigenvalue weighted by atomic mass is 10.1. The average molecular weight is 428 g/mol. The minimum atomic E-state index is -0.123. The Hall–Kier alpha value is -4.20. The number of aromatic amines is 1. The largest absolute Gasteiger partial charge is 0.347 e. The Kier molecular flexibility index (Phi) is 6.12. The summed E-state index contributed by atoms with van der Waals surface area (Å²) in [6.45, 7) is 2.38. The van der Waals surface area contributed by atoms with Gasteiger partial charge in [-0.05, 0) is 30.7 Å². The molecule has 0 unspecified atom stereocenters. The molecule has 0 saturated heterocycles. The molecule has 32 heavy (non-hydrogen) atoms. The van der Waals surface area contributed by atoms with Crippen molar-refractivity contribution in [2.45, 2.75) is 19.9 Å². The number of imidazole rings is 1. The van der Waals surface area contributed by atoms with Gasteiger partial charge in [-0.2, -0.15) is 5.10 Å². The minimum Gasteiger partial charge on any atom is -0.347 e. The highest BCUT2D eigenvalue weighted by atomic mass is 16.2. The number of nitrogens with one attached hydrogen (secondary N) is 2. The zero-order valence-corrected chi connectivity index (χ0v) is 17.9. The Morgan fingerprint density at radius 3 is 2.78 bits per heavy atom. The van der Waals surface area contributed by atoms with Crippen molar-refractivity contribution in [3.8, 4) is 5.69 Å². The fourth-order valence-corrected chi connectivity index (χ4v) is 3.42. The molecule has 0 aliphatic carbocycles. The minimum absolute atomic E-state index is 0.112. The fraction of sp³-hybridized carbons (Fsp3) is 0.167. The lowest BCUT2D eigenvalue weighted by Crippen LogP contribution is -2.26. The molecule has 0 spiro atoms. The zero-order chi connectivity index (χ0) is 22.5. The number of anilines is 1. The maximum Gasteiger partial charge on any atom is 0.254 e. The van der Waals surface area contributed by atoms with Gasteiger partial charge in [-0.25, -0.2) is 9.67 Å². The predicted octanol–water partition coefficient (Wildman–Crippen LogP) is 3.36. The van der Waals surface area contributed by atoms with Crippen molar-refractivity contribution in [1.82, 2.24) is 24.6 Å². The zero-order valence-electron chi connectivity index (χ0n) is 17.9. The number of rotatable bonds is 7. The molecule has 0 aliphatic rings. The Bertz CT molecular complexity index is 1230. The Morgan fingerprint density at radius 2 is 2.00 bits per heavy atom. The molecule has 0 fully saturated rings. The Labute approximate surface area is 185 Å². The summed E-state index contributed by atoms with van der Waals surface area (Å²) in [7, 11) is 1.73. The van der Waals surface area contributed by atoms with Gasteiger partial charge in [-0.1, -0.05) is 35.9 Å². The van der Waals surface area contributed by atoms with Crippen molar-refractivity contribution in [2.24, 2.45) is 0 Å². The molecule has 2 heterocycles. The summed E-state index contributed by atoms with van der Waals surface area (Å²) in [6, 6.07) is 15.1. The average Bonchev–Trinajstić information content (AvgIpc) is 3.45. The van der Waals surface area contributed by atoms with Crippen LogP contribution < -0.4 is 5.32 Å². The Morgan fingerprint density at radius 1 is 1.16 bits per heavy atom. The van der Waals surface area contributed by atoms with Crippen LogP contribution in [0.1, 0.15) is 27.3 Å². The summed E-state index contributed by atoms with van der Waals surface area (Å²) in [4.78, 5) is 33.9. The first kappa shape index (κ1) is 21.0. The van der Waals surface area contributed by atoms with E-state index in [1.807, 2.05) is 37.3 Å². The molecule has 0 aliphatic heterocycles. The molecule has 0 saturated carbocycles. The summed E-state index contributed by atoms with van der Waals surface area (Å²) in [5.41, 5.74) is 3.93. The molecule has 0 bridgehead atoms. The maximum absolute atomic E-state index is 12.8. The smallest absolute Gasteiger partial charge is 0.254 e. The highest BCUT2D eigenvalue weighted by Crippen LogP contribution is 2.16. The van der Waals surface area contributed by atoms with Crippen molar-refractivity contribution in [3.63, 3.8) is 0 Å². The Balaban J connectivity index is 1.42. The number of carbonyl (C=O) groups excluding carboxylic acids is 2. The van der Waals surface area contributed by atoms with Crippen molar-refractivity contribution >= 4 is 17.5 Å². The number of hydrogen-bond donors (Lipinski definition) is 2. The van der Waals surface area contributed by atoms with Crippen LogP contribution in [-0.4, -0.2) is 43.5 Å². The summed E-state index contributed by atoms with van der Waals surface area (Å²) < 4.78 is 1.63. The number of nitrogens with zero attached hydrogens (tertiary/aromatic N) is 4. The topological polar surface area (TPSA) is 95.9 Å². The van der Waals surface area contributed by atoms with Gasteiger partial charge in [0, 0.05) is 25.0 Å². The van der Waals surface area contributed by atoms with E-state index in [0.717, 1.165) is 22.6 Å². The number of H-pyrrole nitrogens is 1. The van der Waals surface area contributed by atoms with Gasteiger partial charge in [0.1, 0.15) is 5.82 Å². The summed E-state index contributed by atoms with van der Waals surface area (Å²) in [5, 5.41) is 7.20. The molecule has 4 rings (SSSR count). The predicted molar refractivity (Wildman–Crippen MR) is 121 cm³/mol. The summed E-state index contributed by atoms with van der Waals surface area (Å²) >= 11 is 0. The van der Waals surface area contributed by atoms with E-state index in [4.69, 9.17) is 0 Å². The van der Waals surface area contributed by atoms with Gasteiger partial charge in [0.05, 0.1) is 36.7 Å². The molecule has 2 aromatic heterocycles. The van der Waals surface area contributed by atoms with E-state index in [1.54, 1.807) is 59.6 Å². The first-order chi connectivity index (χ1) is 15.5. The second kappa shape index (κ2) is 9.30. The van der Waals surface area contributed by atoms with Gasteiger partial charge < -0.3 is 15.2 Å². The van der Waals surface area contributed by atoms with Gasteiger partial charge in [-0.15, -0.1) is 0 Å². The van der Waals surface area contributed by atoms with Crippen LogP contribution in [0.2, 0.25) is 0 Å². The van der Waals surface area contributed by atoms with E-state index in [2.05, 4.69) is 20.4 Å². The third-order valence-electron chi connectivity index (χ3n) is 4.96. The molecule has 0 atom stereocenters. The number of amides is 2. The molecule has 2 aromatic carbocycles. The molecular formula is C24H24N6O2. The lowest BCUT2D eigenvalue weighted by Gasteiger charge is -2.16. The van der Waals surface area contributed by atoms with E-state index in [9.17, 15) is 9.59 Å². The first-order valence-electron chi connectivity index (χ1n) is 10.2. The van der Waals surface area contributed by atoms with E-state index < -0.39 is 0 Å². The number of aromatic nitrogens is 4. The van der Waals surface area contributed by atoms with Gasteiger partial charge in [0.25, 0.3) is 5.91 Å². The monoisotopic (exact) mass is 428 g/mol. The van der Waals surface area contributed by atoms with Gasteiger partial charge in [0.15, 0.2) is 0 Å². The van der Waals surface area contributed by atoms with Crippen molar-refractivity contribution in [1.29, 1.82) is 0 Å². The molecular weight excluding hydrogens is 404 g/mol. The fourth-order valence-electron chi connectivity index (χ4n) is 3.42. The SMILES string of the molecule is Cc1cccc(CC(=O)Nc2cnn(-c3cccc(C(=O)N(C)Cc4ncc[nH]4)c3)c2)c1. The van der Waals surface area contributed by atoms with Crippen LogP contribution in [0.4, 0.5) is 5.69 Å². The molecule has 4 aromatic rings.